The number of aliphatic hydroxyl groups is 1. The van der Waals surface area contributed by atoms with Crippen molar-refractivity contribution in [2.75, 3.05) is 18.5 Å². The molecular weight excluding hydrogens is 604 g/mol. The van der Waals surface area contributed by atoms with Gasteiger partial charge in [-0.25, -0.2) is 14.1 Å². The summed E-state index contributed by atoms with van der Waals surface area (Å²) in [6.45, 7) is 2.11. The highest BCUT2D eigenvalue weighted by atomic mass is 127. The molecule has 3 atom stereocenters. The third-order valence-corrected chi connectivity index (χ3v) is 6.96. The molecule has 38 heavy (non-hydrogen) atoms. The lowest BCUT2D eigenvalue weighted by molar-refractivity contribution is -0.134. The number of carbonyl (C=O) groups is 3. The van der Waals surface area contributed by atoms with Crippen molar-refractivity contribution in [1.29, 1.82) is 0 Å². The topological polar surface area (TPSA) is 108 Å². The Kier molecular flexibility index (Phi) is 8.95. The number of anilines is 1. The van der Waals surface area contributed by atoms with Gasteiger partial charge < -0.3 is 20.5 Å². The second kappa shape index (κ2) is 12.4. The summed E-state index contributed by atoms with van der Waals surface area (Å²) in [5, 5.41) is 14.1. The van der Waals surface area contributed by atoms with E-state index in [1.54, 1.807) is 49.4 Å². The van der Waals surface area contributed by atoms with Crippen LogP contribution in [-0.2, 0) is 9.59 Å². The standard InChI is InChI=1S/C28H27FIN3O5/c1-17(18-6-3-2-4-7-18)25(26(35)31-23-13-10-20(30)16-22(23)29)33-27(36)24(32-28(33)37)19-8-11-21(12-9-19)38-15-5-14-34/h2-4,6-13,16-17,24-25,34H,5,14-15H2,1H3,(H,31,35)(H,32,37)/t17-,24+,25?/m0/s1. The lowest BCUT2D eigenvalue weighted by atomic mass is 9.91. The van der Waals surface area contributed by atoms with Gasteiger partial charge in [-0.3, -0.25) is 9.59 Å². The van der Waals surface area contributed by atoms with Crippen LogP contribution in [0.4, 0.5) is 14.9 Å². The van der Waals surface area contributed by atoms with Gasteiger partial charge in [0.25, 0.3) is 5.91 Å². The highest BCUT2D eigenvalue weighted by molar-refractivity contribution is 14.1. The Morgan fingerprint density at radius 1 is 1.13 bits per heavy atom. The van der Waals surface area contributed by atoms with Crippen LogP contribution in [0.5, 0.6) is 5.75 Å². The molecule has 1 aliphatic heterocycles. The molecule has 1 aliphatic rings. The monoisotopic (exact) mass is 631 g/mol. The molecule has 1 heterocycles. The number of nitrogens with one attached hydrogen (secondary N) is 2. The van der Waals surface area contributed by atoms with Crippen LogP contribution < -0.4 is 15.4 Å². The summed E-state index contributed by atoms with van der Waals surface area (Å²) in [7, 11) is 0. The molecule has 4 rings (SSSR count). The lowest BCUT2D eigenvalue weighted by Gasteiger charge is -2.30. The summed E-state index contributed by atoms with van der Waals surface area (Å²) >= 11 is 1.97. The van der Waals surface area contributed by atoms with Crippen molar-refractivity contribution >= 4 is 46.1 Å². The SMILES string of the molecule is C[C@@H](c1ccccc1)C(C(=O)Nc1ccc(I)cc1F)N1C(=O)N[C@H](c2ccc(OCCCO)cc2)C1=O. The van der Waals surface area contributed by atoms with Crippen molar-refractivity contribution in [1.82, 2.24) is 10.2 Å². The fraction of sp³-hybridized carbons (Fsp3) is 0.250. The van der Waals surface area contributed by atoms with Crippen molar-refractivity contribution in [2.24, 2.45) is 0 Å². The second-order valence-electron chi connectivity index (χ2n) is 8.84. The fourth-order valence-corrected chi connectivity index (χ4v) is 4.75. The third-order valence-electron chi connectivity index (χ3n) is 6.29. The molecule has 10 heteroatoms. The first-order chi connectivity index (χ1) is 18.3. The van der Waals surface area contributed by atoms with Gasteiger partial charge in [0, 0.05) is 22.5 Å². The molecule has 198 valence electrons. The molecule has 0 saturated carbocycles. The number of carbonyl (C=O) groups excluding carboxylic acids is 3. The maximum Gasteiger partial charge on any atom is 0.325 e. The molecule has 0 aliphatic carbocycles. The van der Waals surface area contributed by atoms with Gasteiger partial charge in [-0.2, -0.15) is 0 Å². The van der Waals surface area contributed by atoms with Crippen LogP contribution in [0.15, 0.2) is 72.8 Å². The van der Waals surface area contributed by atoms with E-state index in [1.807, 2.05) is 40.8 Å². The van der Waals surface area contributed by atoms with E-state index in [1.165, 1.54) is 12.1 Å². The van der Waals surface area contributed by atoms with Crippen LogP contribution in [0.2, 0.25) is 0 Å². The number of imide groups is 1. The molecule has 4 amide bonds. The predicted octanol–water partition coefficient (Wildman–Crippen LogP) is 4.60. The number of rotatable bonds is 10. The minimum Gasteiger partial charge on any atom is -0.494 e. The number of nitrogens with zero attached hydrogens (tertiary/aromatic N) is 1. The average molecular weight is 631 g/mol. The third kappa shape index (κ3) is 6.13. The molecule has 8 nitrogen and oxygen atoms in total. The van der Waals surface area contributed by atoms with Crippen LogP contribution in [0.25, 0.3) is 0 Å². The Balaban J connectivity index is 1.62. The molecule has 1 saturated heterocycles. The molecule has 0 bridgehead atoms. The molecule has 3 N–H and O–H groups in total. The normalized spacial score (nSPS) is 16.6. The fourth-order valence-electron chi connectivity index (χ4n) is 4.30. The minimum atomic E-state index is -1.24. The van der Waals surface area contributed by atoms with Crippen molar-refractivity contribution < 1.29 is 28.6 Å². The van der Waals surface area contributed by atoms with E-state index in [9.17, 15) is 18.8 Å². The number of hydrogen-bond acceptors (Lipinski definition) is 5. The number of benzene rings is 3. The predicted molar refractivity (Wildman–Crippen MR) is 148 cm³/mol. The van der Waals surface area contributed by atoms with Gasteiger partial charge in [0.1, 0.15) is 23.7 Å². The zero-order chi connectivity index (χ0) is 27.2. The Bertz CT molecular complexity index is 1310. The van der Waals surface area contributed by atoms with E-state index in [4.69, 9.17) is 9.84 Å². The van der Waals surface area contributed by atoms with Crippen LogP contribution in [0.1, 0.15) is 36.4 Å². The smallest absolute Gasteiger partial charge is 0.325 e. The summed E-state index contributed by atoms with van der Waals surface area (Å²) in [6.07, 6.45) is 0.489. The first-order valence-electron chi connectivity index (χ1n) is 12.1. The molecule has 3 aromatic carbocycles. The second-order valence-corrected chi connectivity index (χ2v) is 10.1. The Morgan fingerprint density at radius 2 is 1.84 bits per heavy atom. The number of hydrogen-bond donors (Lipinski definition) is 3. The van der Waals surface area contributed by atoms with Crippen LogP contribution in [0, 0.1) is 9.39 Å². The Hall–Kier alpha value is -3.51. The maximum atomic E-state index is 14.5. The summed E-state index contributed by atoms with van der Waals surface area (Å²) in [5.74, 6) is -1.91. The molecule has 0 radical (unpaired) electrons. The van der Waals surface area contributed by atoms with E-state index >= 15 is 0 Å². The van der Waals surface area contributed by atoms with Gasteiger partial charge >= 0.3 is 6.03 Å². The van der Waals surface area contributed by atoms with Crippen molar-refractivity contribution in [3.05, 3.63) is 93.3 Å². The first-order valence-corrected chi connectivity index (χ1v) is 13.2. The van der Waals surface area contributed by atoms with E-state index in [0.29, 0.717) is 27.9 Å². The largest absolute Gasteiger partial charge is 0.494 e. The summed E-state index contributed by atoms with van der Waals surface area (Å²) in [6, 6.07) is 17.1. The number of halogens is 2. The van der Waals surface area contributed by atoms with Gasteiger partial charge in [-0.05, 0) is 64.0 Å². The van der Waals surface area contributed by atoms with Crippen molar-refractivity contribution in [2.45, 2.75) is 31.3 Å². The van der Waals surface area contributed by atoms with E-state index in [-0.39, 0.29) is 12.3 Å². The molecule has 3 aromatic rings. The highest BCUT2D eigenvalue weighted by Crippen LogP contribution is 2.32. The van der Waals surface area contributed by atoms with E-state index < -0.39 is 41.7 Å². The van der Waals surface area contributed by atoms with Gasteiger partial charge in [0.15, 0.2) is 0 Å². The zero-order valence-corrected chi connectivity index (χ0v) is 22.7. The summed E-state index contributed by atoms with van der Waals surface area (Å²) in [4.78, 5) is 41.2. The molecule has 0 spiro atoms. The maximum absolute atomic E-state index is 14.5. The average Bonchev–Trinajstić information content (AvgIpc) is 3.20. The van der Waals surface area contributed by atoms with Gasteiger partial charge in [0.2, 0.25) is 5.91 Å². The summed E-state index contributed by atoms with van der Waals surface area (Å²) in [5.41, 5.74) is 1.22. The number of urea groups is 1. The minimum absolute atomic E-state index is 0.0168. The first kappa shape index (κ1) is 27.5. The van der Waals surface area contributed by atoms with Gasteiger partial charge in [-0.15, -0.1) is 0 Å². The molecule has 0 aromatic heterocycles. The quantitative estimate of drug-likeness (QED) is 0.172. The Morgan fingerprint density at radius 3 is 2.50 bits per heavy atom. The van der Waals surface area contributed by atoms with Crippen molar-refractivity contribution in [3.63, 3.8) is 0 Å². The highest BCUT2D eigenvalue weighted by Gasteiger charge is 2.47. The Labute approximate surface area is 233 Å². The van der Waals surface area contributed by atoms with Crippen LogP contribution >= 0.6 is 22.6 Å². The lowest BCUT2D eigenvalue weighted by Crippen LogP contribution is -2.50. The zero-order valence-electron chi connectivity index (χ0n) is 20.6. The van der Waals surface area contributed by atoms with Crippen LogP contribution in [0.3, 0.4) is 0 Å². The van der Waals surface area contributed by atoms with Crippen LogP contribution in [-0.4, -0.2) is 47.1 Å². The molecule has 1 fully saturated rings. The number of amides is 4. The summed E-state index contributed by atoms with van der Waals surface area (Å²) < 4.78 is 20.7. The van der Waals surface area contributed by atoms with Gasteiger partial charge in [0.05, 0.1) is 12.3 Å². The van der Waals surface area contributed by atoms with E-state index in [0.717, 1.165) is 10.5 Å². The van der Waals surface area contributed by atoms with Gasteiger partial charge in [-0.1, -0.05) is 49.4 Å². The molecular formula is C28H27FIN3O5. The van der Waals surface area contributed by atoms with Crippen molar-refractivity contribution in [3.8, 4) is 5.75 Å². The number of aliphatic hydroxyl groups excluding tert-OH is 1. The molecule has 1 unspecified atom stereocenters. The number of ether oxygens (including phenoxy) is 1. The van der Waals surface area contributed by atoms with E-state index in [2.05, 4.69) is 10.6 Å².